The van der Waals surface area contributed by atoms with Crippen LogP contribution in [-0.2, 0) is 9.59 Å². The Morgan fingerprint density at radius 3 is 2.39 bits per heavy atom. The summed E-state index contributed by atoms with van der Waals surface area (Å²) in [6, 6.07) is 19.1. The molecule has 0 spiro atoms. The molecule has 168 valence electrons. The maximum Gasteiger partial charge on any atom is 0.255 e. The number of carbonyl (C=O) groups is 2. The number of anilines is 1. The first-order chi connectivity index (χ1) is 16.1. The highest BCUT2D eigenvalue weighted by atomic mass is 32.2. The van der Waals surface area contributed by atoms with Gasteiger partial charge in [-0.1, -0.05) is 60.3 Å². The van der Waals surface area contributed by atoms with E-state index in [1.165, 1.54) is 11.8 Å². The number of nitrogens with one attached hydrogen (secondary N) is 1. The zero-order valence-corrected chi connectivity index (χ0v) is 19.3. The van der Waals surface area contributed by atoms with Crippen molar-refractivity contribution in [2.45, 2.75) is 32.2 Å². The predicted molar refractivity (Wildman–Crippen MR) is 132 cm³/mol. The fourth-order valence-electron chi connectivity index (χ4n) is 4.56. The van der Waals surface area contributed by atoms with Crippen molar-refractivity contribution in [1.29, 1.82) is 0 Å². The Morgan fingerprint density at radius 1 is 1.03 bits per heavy atom. The second kappa shape index (κ2) is 9.27. The first kappa shape index (κ1) is 21.5. The number of para-hydroxylation sites is 1. The average molecular weight is 459 g/mol. The van der Waals surface area contributed by atoms with Gasteiger partial charge in [0.15, 0.2) is 5.17 Å². The lowest BCUT2D eigenvalue weighted by molar-refractivity contribution is -0.129. The van der Waals surface area contributed by atoms with Crippen LogP contribution in [0.25, 0.3) is 0 Å². The number of hydrogen-bond acceptors (Lipinski definition) is 5. The van der Waals surface area contributed by atoms with Gasteiger partial charge in [-0.2, -0.15) is 0 Å². The van der Waals surface area contributed by atoms with Crippen LogP contribution in [0.5, 0.6) is 0 Å². The fraction of sp³-hybridized carbons (Fsp3) is 0.269. The summed E-state index contributed by atoms with van der Waals surface area (Å²) in [6.45, 7) is 3.53. The molecule has 1 unspecified atom stereocenters. The molecule has 1 saturated heterocycles. The van der Waals surface area contributed by atoms with E-state index in [1.54, 1.807) is 0 Å². The third kappa shape index (κ3) is 4.33. The number of carbonyl (C=O) groups excluding carboxylic acids is 2. The molecule has 1 N–H and O–H groups in total. The zero-order valence-electron chi connectivity index (χ0n) is 18.5. The van der Waals surface area contributed by atoms with Gasteiger partial charge >= 0.3 is 0 Å². The van der Waals surface area contributed by atoms with Crippen molar-refractivity contribution in [3.05, 3.63) is 88.6 Å². The molecular formula is C26H26N4O2S. The Kier molecular flexibility index (Phi) is 6.05. The van der Waals surface area contributed by atoms with E-state index < -0.39 is 0 Å². The number of amides is 2. The molecule has 1 atom stereocenters. The van der Waals surface area contributed by atoms with E-state index >= 15 is 0 Å². The van der Waals surface area contributed by atoms with E-state index in [0.29, 0.717) is 17.7 Å². The minimum atomic E-state index is -0.352. The summed E-state index contributed by atoms with van der Waals surface area (Å²) in [5, 5.41) is 5.84. The smallest absolute Gasteiger partial charge is 0.255 e. The summed E-state index contributed by atoms with van der Waals surface area (Å²) in [5.74, 6) is -0.0496. The molecule has 0 aliphatic carbocycles. The molecule has 7 heteroatoms. The van der Waals surface area contributed by atoms with Gasteiger partial charge in [-0.25, -0.2) is 4.99 Å². The van der Waals surface area contributed by atoms with Crippen LogP contribution in [0.3, 0.4) is 0 Å². The van der Waals surface area contributed by atoms with E-state index in [9.17, 15) is 9.59 Å². The van der Waals surface area contributed by atoms with Crippen molar-refractivity contribution in [1.82, 2.24) is 9.80 Å². The molecule has 3 heterocycles. The van der Waals surface area contributed by atoms with Crippen LogP contribution in [0.15, 0.2) is 88.0 Å². The van der Waals surface area contributed by atoms with Gasteiger partial charge in [0.1, 0.15) is 0 Å². The van der Waals surface area contributed by atoms with E-state index in [1.807, 2.05) is 77.9 Å². The summed E-state index contributed by atoms with van der Waals surface area (Å²) in [4.78, 5) is 35.3. The molecule has 33 heavy (non-hydrogen) atoms. The lowest BCUT2D eigenvalue weighted by atomic mass is 9.93. The maximum absolute atomic E-state index is 13.5. The van der Waals surface area contributed by atoms with Gasteiger partial charge in [-0.15, -0.1) is 0 Å². The molecule has 3 aliphatic rings. The second-order valence-electron chi connectivity index (χ2n) is 8.39. The Morgan fingerprint density at radius 2 is 1.70 bits per heavy atom. The van der Waals surface area contributed by atoms with Crippen LogP contribution in [0.1, 0.15) is 37.8 Å². The van der Waals surface area contributed by atoms with E-state index in [4.69, 9.17) is 4.99 Å². The lowest BCUT2D eigenvalue weighted by Gasteiger charge is -2.37. The SMILES string of the molecule is CC1=C(C(=O)Nc2ccccc2)C(c2ccccc2)N2C(CC(=O)N3CCCC3)=CSC2=N1. The normalized spacial score (nSPS) is 19.8. The highest BCUT2D eigenvalue weighted by Gasteiger charge is 2.40. The molecule has 5 rings (SSSR count). The number of fused-ring (bicyclic) bond motifs is 1. The third-order valence-electron chi connectivity index (χ3n) is 6.18. The standard InChI is InChI=1S/C26H26N4O2S/c1-18-23(25(32)28-20-12-6-3-7-13-20)24(19-10-4-2-5-11-19)30-21(17-33-26(30)27-18)16-22(31)29-14-8-9-15-29/h2-7,10-13,17,24H,8-9,14-16H2,1H3,(H,28,32). The van der Waals surface area contributed by atoms with Crippen molar-refractivity contribution in [2.75, 3.05) is 18.4 Å². The van der Waals surface area contributed by atoms with Gasteiger partial charge < -0.3 is 15.1 Å². The van der Waals surface area contributed by atoms with Gasteiger partial charge in [-0.3, -0.25) is 9.59 Å². The van der Waals surface area contributed by atoms with Crippen molar-refractivity contribution >= 4 is 34.4 Å². The Labute approximate surface area is 198 Å². The van der Waals surface area contributed by atoms with Gasteiger partial charge in [0.25, 0.3) is 5.91 Å². The van der Waals surface area contributed by atoms with E-state index in [-0.39, 0.29) is 17.9 Å². The quantitative estimate of drug-likeness (QED) is 0.691. The molecule has 2 aromatic rings. The maximum atomic E-state index is 13.5. The van der Waals surface area contributed by atoms with Gasteiger partial charge in [-0.05, 0) is 42.9 Å². The first-order valence-corrected chi connectivity index (χ1v) is 12.1. The van der Waals surface area contributed by atoms with Crippen LogP contribution < -0.4 is 5.32 Å². The van der Waals surface area contributed by atoms with Crippen LogP contribution >= 0.6 is 11.8 Å². The summed E-state index contributed by atoms with van der Waals surface area (Å²) in [7, 11) is 0. The summed E-state index contributed by atoms with van der Waals surface area (Å²) in [5.41, 5.74) is 3.90. The number of likely N-dealkylation sites (tertiary alicyclic amines) is 1. The largest absolute Gasteiger partial charge is 0.342 e. The number of thioether (sulfide) groups is 1. The summed E-state index contributed by atoms with van der Waals surface area (Å²) in [6.07, 6.45) is 2.44. The minimum absolute atomic E-state index is 0.133. The molecule has 0 saturated carbocycles. The number of benzene rings is 2. The number of nitrogens with zero attached hydrogens (tertiary/aromatic N) is 3. The van der Waals surface area contributed by atoms with Crippen molar-refractivity contribution in [2.24, 2.45) is 4.99 Å². The van der Waals surface area contributed by atoms with Crippen LogP contribution in [-0.4, -0.2) is 39.9 Å². The monoisotopic (exact) mass is 458 g/mol. The van der Waals surface area contributed by atoms with Gasteiger partial charge in [0.05, 0.1) is 23.7 Å². The highest BCUT2D eigenvalue weighted by molar-refractivity contribution is 8.16. The lowest BCUT2D eigenvalue weighted by Crippen LogP contribution is -2.39. The minimum Gasteiger partial charge on any atom is -0.342 e. The van der Waals surface area contributed by atoms with Crippen molar-refractivity contribution in [3.63, 3.8) is 0 Å². The molecule has 3 aliphatic heterocycles. The van der Waals surface area contributed by atoms with Crippen LogP contribution in [0, 0.1) is 0 Å². The number of rotatable bonds is 5. The molecular weight excluding hydrogens is 432 g/mol. The molecule has 1 fully saturated rings. The zero-order chi connectivity index (χ0) is 22.8. The number of hydrogen-bond donors (Lipinski definition) is 1. The van der Waals surface area contributed by atoms with E-state index in [2.05, 4.69) is 10.2 Å². The number of amidine groups is 1. The number of allylic oxidation sites excluding steroid dienone is 1. The van der Waals surface area contributed by atoms with E-state index in [0.717, 1.165) is 48.0 Å². The summed E-state index contributed by atoms with van der Waals surface area (Å²) >= 11 is 1.52. The molecule has 0 bridgehead atoms. The Hall–Kier alpha value is -3.32. The predicted octanol–water partition coefficient (Wildman–Crippen LogP) is 4.91. The highest BCUT2D eigenvalue weighted by Crippen LogP contribution is 2.44. The molecule has 0 radical (unpaired) electrons. The molecule has 2 aromatic carbocycles. The molecule has 2 amide bonds. The van der Waals surface area contributed by atoms with Crippen LogP contribution in [0.4, 0.5) is 5.69 Å². The van der Waals surface area contributed by atoms with Crippen molar-refractivity contribution < 1.29 is 9.59 Å². The van der Waals surface area contributed by atoms with Crippen molar-refractivity contribution in [3.8, 4) is 0 Å². The van der Waals surface area contributed by atoms with Crippen LogP contribution in [0.2, 0.25) is 0 Å². The Bertz CT molecular complexity index is 1150. The average Bonchev–Trinajstić information content (AvgIpc) is 3.50. The third-order valence-corrected chi connectivity index (χ3v) is 7.07. The van der Waals surface area contributed by atoms with Gasteiger partial charge in [0, 0.05) is 24.5 Å². The Balaban J connectivity index is 1.49. The van der Waals surface area contributed by atoms with Gasteiger partial charge in [0.2, 0.25) is 5.91 Å². The number of aliphatic imine (C=N–C) groups is 1. The second-order valence-corrected chi connectivity index (χ2v) is 9.23. The first-order valence-electron chi connectivity index (χ1n) is 11.3. The molecule has 6 nitrogen and oxygen atoms in total. The topological polar surface area (TPSA) is 65.0 Å². The fourth-order valence-corrected chi connectivity index (χ4v) is 5.53. The summed E-state index contributed by atoms with van der Waals surface area (Å²) < 4.78 is 0. The molecule has 0 aromatic heterocycles.